The van der Waals surface area contributed by atoms with E-state index in [0.29, 0.717) is 0 Å². The van der Waals surface area contributed by atoms with Gasteiger partial charge in [-0.1, -0.05) is 87.2 Å². The first-order chi connectivity index (χ1) is 34.6. The van der Waals surface area contributed by atoms with Crippen molar-refractivity contribution in [1.29, 1.82) is 0 Å². The van der Waals surface area contributed by atoms with Crippen LogP contribution in [-0.4, -0.2) is 133 Å². The summed E-state index contributed by atoms with van der Waals surface area (Å²) < 4.78 is 0. The Labute approximate surface area is 589 Å². The Morgan fingerprint density at radius 1 is 0.427 bits per heavy atom. The number of nitrogens with zero attached hydrogens (tertiary/aromatic N) is 5. The molecule has 0 aliphatic heterocycles. The van der Waals surface area contributed by atoms with E-state index in [1.165, 1.54) is 102 Å². The number of hydrogen-bond acceptors (Lipinski definition) is 11. The number of anilines is 3. The van der Waals surface area contributed by atoms with Crippen molar-refractivity contribution in [3.8, 4) is 0 Å². The first kappa shape index (κ1) is 123. The molecule has 3 aromatic heterocycles. The molecule has 3 fully saturated rings. The summed E-state index contributed by atoms with van der Waals surface area (Å²) in [6.07, 6.45) is 23.3. The van der Waals surface area contributed by atoms with Crippen LogP contribution in [0.3, 0.4) is 0 Å². The second-order valence-corrected chi connectivity index (χ2v) is 20.6. The van der Waals surface area contributed by atoms with E-state index in [0.717, 1.165) is 108 Å². The fourth-order valence-electron chi connectivity index (χ4n) is 10.6. The molecular weight excluding hydrogens is 1320 g/mol. The van der Waals surface area contributed by atoms with Gasteiger partial charge in [-0.3, -0.25) is 35.3 Å². The quantitative estimate of drug-likeness (QED) is 0.0354. The smallest absolute Gasteiger partial charge is 0.0737 e. The number of rotatable bonds is 16. The number of benzene rings is 3. The van der Waals surface area contributed by atoms with Gasteiger partial charge in [0, 0.05) is 151 Å². The molecule has 0 saturated heterocycles. The molecule has 13 N–H and O–H groups in total. The summed E-state index contributed by atoms with van der Waals surface area (Å²) in [5.41, 5.74) is 6.36. The molecule has 6 aromatic rings. The third kappa shape index (κ3) is 40.9. The third-order valence-electron chi connectivity index (χ3n) is 13.9. The van der Waals surface area contributed by atoms with Gasteiger partial charge in [-0.25, -0.2) is 0 Å². The molecule has 89 heavy (non-hydrogen) atoms. The Morgan fingerprint density at radius 3 is 1.10 bits per heavy atom. The van der Waals surface area contributed by atoms with Gasteiger partial charge in [0.15, 0.2) is 0 Å². The summed E-state index contributed by atoms with van der Waals surface area (Å²) in [4.78, 5) is 41.1. The molecule has 525 valence electrons. The number of carbonyl (C=O) groups excluding carboxylic acids is 3. The fourth-order valence-corrected chi connectivity index (χ4v) is 11.1. The Bertz CT molecular complexity index is 2510. The first-order valence-electron chi connectivity index (χ1n) is 24.9. The molecule has 0 spiro atoms. The summed E-state index contributed by atoms with van der Waals surface area (Å²) in [5, 5.41) is 16.5. The van der Waals surface area contributed by atoms with Gasteiger partial charge in [0.05, 0.1) is 16.6 Å². The molecule has 3 heterocycles. The minimum Gasteiger partial charge on any atom is -0.545 e. The standard InChI is InChI=1S/C21H30ClN3.C18H24ClN3.C15H17ClN2.3CHO.CH4.9CH3.3Mn.5H2O/c1-25(2)15-17-8-5-7-16(17)6-3-4-12-23-20-11-13-24-21-14-18(22)9-10-19(20)21;1-22(2)12-14-5-3-4-13(14)11-21-17-8-9-20-18-10-15(19)6-7-16(17)18;16-12-5-6-13-14(7-8-17-15(13)9-12)18-10-11-3-1-2-4-11;3*1-2;;;;;;;;;;;;;;;;;;/h9-11,13-14,16-17H,3-8,12,15H2,1-2H3,(H,23,24);6-10,13-14H,3-5,11-12H2,1-2H3,(H,20,21);5-9,11H,1-4,10H2,(H,17,18);3*1H;1H4;9*1H3;;;;5*1H2/q;;;3*-1;;9*-1;;;;;;;;. The fraction of sp³-hybridized carbons (Fsp3) is 0.418. The van der Waals surface area contributed by atoms with Gasteiger partial charge < -0.3 is 134 Å². The number of pyridine rings is 3. The Morgan fingerprint density at radius 2 is 0.742 bits per heavy atom. The van der Waals surface area contributed by atoms with E-state index < -0.39 is 0 Å². The van der Waals surface area contributed by atoms with E-state index in [4.69, 9.17) is 49.2 Å². The van der Waals surface area contributed by atoms with Crippen molar-refractivity contribution < 1.29 is 93.0 Å². The molecule has 4 atom stereocenters. The summed E-state index contributed by atoms with van der Waals surface area (Å²) in [6, 6.07) is 23.9. The summed E-state index contributed by atoms with van der Waals surface area (Å²) in [6.45, 7) is 15.3. The average Bonchev–Trinajstić information content (AvgIpc) is 4.18. The molecule has 22 heteroatoms. The largest absolute Gasteiger partial charge is 0.545 e. The molecule has 16 nitrogen and oxygen atoms in total. The maximum atomic E-state index is 7.75. The van der Waals surface area contributed by atoms with Crippen molar-refractivity contribution in [2.45, 2.75) is 90.9 Å². The molecule has 3 radical (unpaired) electrons. The minimum atomic E-state index is 0. The predicted octanol–water partition coefficient (Wildman–Crippen LogP) is 14.0. The van der Waals surface area contributed by atoms with Gasteiger partial charge in [0.2, 0.25) is 0 Å². The van der Waals surface area contributed by atoms with Crippen molar-refractivity contribution in [1.82, 2.24) is 24.8 Å². The van der Waals surface area contributed by atoms with E-state index in [9.17, 15) is 0 Å². The number of nitrogens with one attached hydrogen (secondary N) is 3. The van der Waals surface area contributed by atoms with Crippen molar-refractivity contribution in [3.63, 3.8) is 0 Å². The summed E-state index contributed by atoms with van der Waals surface area (Å²) in [5.74, 6) is 4.26. The number of hydrogen-bond donors (Lipinski definition) is 3. The van der Waals surface area contributed by atoms with E-state index in [2.05, 4.69) is 114 Å². The van der Waals surface area contributed by atoms with Crippen LogP contribution in [0.25, 0.3) is 32.7 Å². The van der Waals surface area contributed by atoms with Crippen molar-refractivity contribution in [3.05, 3.63) is 173 Å². The van der Waals surface area contributed by atoms with E-state index in [1.807, 2.05) is 67.1 Å². The van der Waals surface area contributed by atoms with Gasteiger partial charge in [0.1, 0.15) is 0 Å². The molecular formula is C67H115Cl3Mn3N8O8-12. The van der Waals surface area contributed by atoms with E-state index >= 15 is 0 Å². The van der Waals surface area contributed by atoms with E-state index in [-0.39, 0.29) is 153 Å². The van der Waals surface area contributed by atoms with Crippen LogP contribution in [0.2, 0.25) is 15.1 Å². The number of fused-ring (bicyclic) bond motifs is 3. The van der Waals surface area contributed by atoms with Crippen LogP contribution in [-0.2, 0) is 65.6 Å². The van der Waals surface area contributed by atoms with Crippen LogP contribution >= 0.6 is 34.8 Å². The zero-order valence-electron chi connectivity index (χ0n) is 54.7. The zero-order chi connectivity index (χ0) is 51.5. The summed E-state index contributed by atoms with van der Waals surface area (Å²) >= 11 is 18.1. The molecule has 3 aliphatic carbocycles. The van der Waals surface area contributed by atoms with Gasteiger partial charge in [0.25, 0.3) is 0 Å². The van der Waals surface area contributed by atoms with Crippen LogP contribution in [0, 0.1) is 96.4 Å². The molecule has 9 rings (SSSR count). The maximum absolute atomic E-state index is 7.75. The molecule has 0 amide bonds. The van der Waals surface area contributed by atoms with Gasteiger partial charge in [-0.05, 0) is 169 Å². The Balaban J connectivity index is -0.0000000624. The number of aromatic nitrogens is 3. The Kier molecular flexibility index (Phi) is 94.9. The molecule has 3 aromatic carbocycles. The van der Waals surface area contributed by atoms with Crippen LogP contribution < -0.4 is 16.0 Å². The number of halogens is 3. The SMILES string of the molecule is C.CN(C)CC1CCCC1CCCCNc1ccnc2cc(Cl)ccc12.CN(C)CC1CCCC1CNc1ccnc2cc(Cl)ccc12.Clc1ccc2c(NCC3CCCC3)ccnc2c1.O.O.O.O.O.[CH-]=O.[CH-]=O.[CH-]=O.[CH3-].[CH3-].[CH3-].[CH3-].[CH3-].[CH3-].[CH3-].[CH3-].[CH3-].[Mn].[Mn].[Mn]. The normalized spacial score (nSPS) is 14.5. The Hall–Kier alpha value is -3.55. The average molecular weight is 1430 g/mol. The van der Waals surface area contributed by atoms with Gasteiger partial charge in [-0.2, -0.15) is 0 Å². The van der Waals surface area contributed by atoms with Crippen molar-refractivity contribution in [2.75, 3.05) is 76.9 Å². The molecule has 0 bridgehead atoms. The summed E-state index contributed by atoms with van der Waals surface area (Å²) in [7, 11) is 8.74. The van der Waals surface area contributed by atoms with Crippen molar-refractivity contribution >= 4 is 105 Å². The predicted molar refractivity (Wildman–Crippen MR) is 383 cm³/mol. The van der Waals surface area contributed by atoms with Crippen LogP contribution in [0.1, 0.15) is 90.9 Å². The molecule has 3 saturated carbocycles. The van der Waals surface area contributed by atoms with Crippen LogP contribution in [0.15, 0.2) is 91.4 Å². The number of unbranched alkanes of at least 4 members (excludes halogenated alkanes) is 1. The van der Waals surface area contributed by atoms with Crippen molar-refractivity contribution in [2.24, 2.45) is 29.6 Å². The van der Waals surface area contributed by atoms with E-state index in [1.54, 1.807) is 0 Å². The molecule has 3 aliphatic rings. The van der Waals surface area contributed by atoms with Crippen LogP contribution in [0.4, 0.5) is 17.1 Å². The maximum Gasteiger partial charge on any atom is 0.0737 e. The van der Waals surface area contributed by atoms with Crippen LogP contribution in [0.5, 0.6) is 0 Å². The monoisotopic (exact) mass is 1430 g/mol. The molecule has 4 unspecified atom stereocenters. The van der Waals surface area contributed by atoms with Gasteiger partial charge in [-0.15, -0.1) is 0 Å². The third-order valence-corrected chi connectivity index (χ3v) is 14.6. The second-order valence-electron chi connectivity index (χ2n) is 19.3. The first-order valence-corrected chi connectivity index (χ1v) is 26.1. The second kappa shape index (κ2) is 68.8. The topological polar surface area (TPSA) is 290 Å². The minimum absolute atomic E-state index is 0. The van der Waals surface area contributed by atoms with Gasteiger partial charge >= 0.3 is 0 Å². The zero-order valence-corrected chi connectivity index (χ0v) is 60.5.